The molecule has 0 spiro atoms. The molecule has 0 atom stereocenters. The SMILES string of the molecule is O=C(CC1=CCCCC1)c1cccc2ccccc12. The molecule has 0 aliphatic heterocycles. The topological polar surface area (TPSA) is 17.1 Å². The van der Waals surface area contributed by atoms with Gasteiger partial charge in [0.05, 0.1) is 0 Å². The number of carbonyl (C=O) groups is 1. The van der Waals surface area contributed by atoms with E-state index in [4.69, 9.17) is 0 Å². The van der Waals surface area contributed by atoms with Crippen molar-refractivity contribution in [3.63, 3.8) is 0 Å². The smallest absolute Gasteiger partial charge is 0.167 e. The number of Topliss-reactive ketones (excluding diaryl/α,β-unsaturated/α-hetero) is 1. The Kier molecular flexibility index (Phi) is 3.45. The standard InChI is InChI=1S/C18H18O/c19-18(13-14-7-2-1-3-8-14)17-12-6-10-15-9-4-5-11-16(15)17/h4-7,9-12H,1-3,8,13H2. The minimum Gasteiger partial charge on any atom is -0.294 e. The molecule has 0 heterocycles. The summed E-state index contributed by atoms with van der Waals surface area (Å²) >= 11 is 0. The van der Waals surface area contributed by atoms with Crippen molar-refractivity contribution < 1.29 is 4.79 Å². The van der Waals surface area contributed by atoms with Crippen molar-refractivity contribution in [3.8, 4) is 0 Å². The fraction of sp³-hybridized carbons (Fsp3) is 0.278. The Morgan fingerprint density at radius 2 is 1.84 bits per heavy atom. The van der Waals surface area contributed by atoms with E-state index >= 15 is 0 Å². The van der Waals surface area contributed by atoms with Crippen LogP contribution in [0.3, 0.4) is 0 Å². The third-order valence-electron chi connectivity index (χ3n) is 3.86. The van der Waals surface area contributed by atoms with Gasteiger partial charge in [-0.2, -0.15) is 0 Å². The summed E-state index contributed by atoms with van der Waals surface area (Å²) in [7, 11) is 0. The van der Waals surface area contributed by atoms with Gasteiger partial charge in [0.25, 0.3) is 0 Å². The first kappa shape index (κ1) is 12.2. The summed E-state index contributed by atoms with van der Waals surface area (Å²) in [6.07, 6.45) is 7.58. The Morgan fingerprint density at radius 3 is 2.68 bits per heavy atom. The Hall–Kier alpha value is -1.89. The van der Waals surface area contributed by atoms with Crippen LogP contribution in [-0.4, -0.2) is 5.78 Å². The molecule has 1 aliphatic carbocycles. The second kappa shape index (κ2) is 5.40. The predicted octanol–water partition coefficient (Wildman–Crippen LogP) is 4.91. The van der Waals surface area contributed by atoms with Crippen LogP contribution in [0.15, 0.2) is 54.1 Å². The number of rotatable bonds is 3. The fourth-order valence-electron chi connectivity index (χ4n) is 2.84. The van der Waals surface area contributed by atoms with Crippen LogP contribution in [-0.2, 0) is 0 Å². The van der Waals surface area contributed by atoms with Gasteiger partial charge >= 0.3 is 0 Å². The lowest BCUT2D eigenvalue weighted by Crippen LogP contribution is -2.03. The number of fused-ring (bicyclic) bond motifs is 1. The normalized spacial score (nSPS) is 15.3. The lowest BCUT2D eigenvalue weighted by molar-refractivity contribution is 0.0993. The second-order valence-electron chi connectivity index (χ2n) is 5.23. The van der Waals surface area contributed by atoms with Crippen LogP contribution in [0.4, 0.5) is 0 Å². The molecule has 0 N–H and O–H groups in total. The van der Waals surface area contributed by atoms with Gasteiger partial charge in [0, 0.05) is 12.0 Å². The van der Waals surface area contributed by atoms with Crippen molar-refractivity contribution >= 4 is 16.6 Å². The molecule has 0 amide bonds. The van der Waals surface area contributed by atoms with E-state index in [1.807, 2.05) is 30.3 Å². The Bertz CT molecular complexity index is 632. The number of carbonyl (C=O) groups excluding carboxylic acids is 1. The van der Waals surface area contributed by atoms with E-state index in [0.717, 1.165) is 29.2 Å². The quantitative estimate of drug-likeness (QED) is 0.558. The van der Waals surface area contributed by atoms with Crippen molar-refractivity contribution in [2.75, 3.05) is 0 Å². The predicted molar refractivity (Wildman–Crippen MR) is 79.4 cm³/mol. The van der Waals surface area contributed by atoms with Crippen molar-refractivity contribution in [1.82, 2.24) is 0 Å². The minimum absolute atomic E-state index is 0.255. The van der Waals surface area contributed by atoms with Gasteiger partial charge in [-0.15, -0.1) is 0 Å². The van der Waals surface area contributed by atoms with E-state index in [2.05, 4.69) is 18.2 Å². The zero-order chi connectivity index (χ0) is 13.1. The number of hydrogen-bond donors (Lipinski definition) is 0. The maximum Gasteiger partial charge on any atom is 0.167 e. The second-order valence-corrected chi connectivity index (χ2v) is 5.23. The average molecular weight is 250 g/mol. The lowest BCUT2D eigenvalue weighted by Gasteiger charge is -2.12. The van der Waals surface area contributed by atoms with Gasteiger partial charge in [0.1, 0.15) is 0 Å². The maximum atomic E-state index is 12.5. The molecule has 1 nitrogen and oxygen atoms in total. The van der Waals surface area contributed by atoms with Crippen LogP contribution in [0, 0.1) is 0 Å². The highest BCUT2D eigenvalue weighted by atomic mass is 16.1. The molecule has 2 aromatic carbocycles. The van der Waals surface area contributed by atoms with Crippen LogP contribution in [0.5, 0.6) is 0 Å². The molecule has 3 rings (SSSR count). The lowest BCUT2D eigenvalue weighted by atomic mass is 9.92. The van der Waals surface area contributed by atoms with Crippen LogP contribution in [0.2, 0.25) is 0 Å². The molecule has 2 aromatic rings. The number of benzene rings is 2. The summed E-state index contributed by atoms with van der Waals surface area (Å²) in [5.41, 5.74) is 2.19. The Balaban J connectivity index is 1.91. The van der Waals surface area contributed by atoms with Gasteiger partial charge in [-0.1, -0.05) is 54.1 Å². The fourth-order valence-corrected chi connectivity index (χ4v) is 2.84. The van der Waals surface area contributed by atoms with Crippen LogP contribution in [0.25, 0.3) is 10.8 Å². The van der Waals surface area contributed by atoms with Gasteiger partial charge < -0.3 is 0 Å². The van der Waals surface area contributed by atoms with Gasteiger partial charge in [-0.05, 0) is 36.5 Å². The van der Waals surface area contributed by atoms with Crippen LogP contribution >= 0.6 is 0 Å². The summed E-state index contributed by atoms with van der Waals surface area (Å²) in [4.78, 5) is 12.5. The zero-order valence-electron chi connectivity index (χ0n) is 11.1. The first-order valence-corrected chi connectivity index (χ1v) is 7.03. The summed E-state index contributed by atoms with van der Waals surface area (Å²) in [6.45, 7) is 0. The van der Waals surface area contributed by atoms with Crippen molar-refractivity contribution in [2.24, 2.45) is 0 Å². The van der Waals surface area contributed by atoms with E-state index in [0.29, 0.717) is 6.42 Å². The molecule has 96 valence electrons. The number of allylic oxidation sites excluding steroid dienone is 2. The molecule has 19 heavy (non-hydrogen) atoms. The average Bonchev–Trinajstić information content (AvgIpc) is 2.47. The van der Waals surface area contributed by atoms with Crippen LogP contribution in [0.1, 0.15) is 42.5 Å². The Morgan fingerprint density at radius 1 is 1.00 bits per heavy atom. The largest absolute Gasteiger partial charge is 0.294 e. The van der Waals surface area contributed by atoms with E-state index in [1.165, 1.54) is 18.4 Å². The van der Waals surface area contributed by atoms with Crippen molar-refractivity contribution in [3.05, 3.63) is 59.7 Å². The maximum absolute atomic E-state index is 12.5. The third kappa shape index (κ3) is 2.60. The van der Waals surface area contributed by atoms with E-state index in [9.17, 15) is 4.79 Å². The molecule has 1 heteroatoms. The molecule has 0 saturated carbocycles. The summed E-state index contributed by atoms with van der Waals surface area (Å²) in [5, 5.41) is 2.22. The highest BCUT2D eigenvalue weighted by molar-refractivity contribution is 6.08. The van der Waals surface area contributed by atoms with Gasteiger partial charge in [-0.25, -0.2) is 0 Å². The van der Waals surface area contributed by atoms with Gasteiger partial charge in [0.2, 0.25) is 0 Å². The van der Waals surface area contributed by atoms with Crippen molar-refractivity contribution in [1.29, 1.82) is 0 Å². The highest BCUT2D eigenvalue weighted by Gasteiger charge is 2.13. The summed E-state index contributed by atoms with van der Waals surface area (Å²) in [5.74, 6) is 0.255. The zero-order valence-corrected chi connectivity index (χ0v) is 11.1. The van der Waals surface area contributed by atoms with Crippen molar-refractivity contribution in [2.45, 2.75) is 32.1 Å². The Labute approximate surface area is 113 Å². The van der Waals surface area contributed by atoms with E-state index < -0.39 is 0 Å². The summed E-state index contributed by atoms with van der Waals surface area (Å²) < 4.78 is 0. The van der Waals surface area contributed by atoms with Crippen LogP contribution < -0.4 is 0 Å². The first-order chi connectivity index (χ1) is 9.34. The molecule has 0 radical (unpaired) electrons. The molecule has 0 fully saturated rings. The van der Waals surface area contributed by atoms with Gasteiger partial charge in [0.15, 0.2) is 5.78 Å². The first-order valence-electron chi connectivity index (χ1n) is 7.03. The third-order valence-corrected chi connectivity index (χ3v) is 3.86. The molecule has 0 saturated heterocycles. The monoisotopic (exact) mass is 250 g/mol. The van der Waals surface area contributed by atoms with E-state index in [-0.39, 0.29) is 5.78 Å². The van der Waals surface area contributed by atoms with E-state index in [1.54, 1.807) is 0 Å². The highest BCUT2D eigenvalue weighted by Crippen LogP contribution is 2.25. The molecule has 1 aliphatic rings. The number of ketones is 1. The summed E-state index contributed by atoms with van der Waals surface area (Å²) in [6, 6.07) is 14.1. The van der Waals surface area contributed by atoms with Gasteiger partial charge in [-0.3, -0.25) is 4.79 Å². The number of hydrogen-bond acceptors (Lipinski definition) is 1. The minimum atomic E-state index is 0.255. The molecule has 0 bridgehead atoms. The molecular formula is C18H18O. The molecule has 0 unspecified atom stereocenters. The molecular weight excluding hydrogens is 232 g/mol. The molecule has 0 aromatic heterocycles.